The van der Waals surface area contributed by atoms with Gasteiger partial charge in [-0.05, 0) is 16.4 Å². The van der Waals surface area contributed by atoms with Crippen molar-refractivity contribution >= 4 is 34.9 Å². The van der Waals surface area contributed by atoms with Crippen LogP contribution in [0.2, 0.25) is 5.02 Å². The molecule has 0 atom stereocenters. The lowest BCUT2D eigenvalue weighted by Gasteiger charge is -2.08. The summed E-state index contributed by atoms with van der Waals surface area (Å²) < 4.78 is 22.9. The molecule has 10 heteroatoms. The molecule has 0 aliphatic rings. The number of esters is 1. The quantitative estimate of drug-likeness (QED) is 0.379. The van der Waals surface area contributed by atoms with E-state index in [2.05, 4.69) is 19.9 Å². The van der Waals surface area contributed by atoms with E-state index in [-0.39, 0.29) is 40.2 Å². The smallest absolute Gasteiger partial charge is 0.310 e. The zero-order chi connectivity index (χ0) is 16.3. The summed E-state index contributed by atoms with van der Waals surface area (Å²) in [6.45, 7) is 1.59. The zero-order valence-electron chi connectivity index (χ0n) is 11.3. The maximum absolute atomic E-state index is 13.5. The van der Waals surface area contributed by atoms with Crippen LogP contribution in [0.25, 0.3) is 0 Å². The van der Waals surface area contributed by atoms with E-state index in [9.17, 15) is 9.18 Å². The van der Waals surface area contributed by atoms with Gasteiger partial charge in [0.2, 0.25) is 0 Å². The number of nitrogen functional groups attached to an aromatic ring is 1. The molecule has 0 amide bonds. The minimum Gasteiger partial charge on any atom is -0.424 e. The van der Waals surface area contributed by atoms with Crippen LogP contribution in [0.15, 0.2) is 21.8 Å². The van der Waals surface area contributed by atoms with Crippen LogP contribution in [0.1, 0.15) is 19.0 Å². The van der Waals surface area contributed by atoms with Crippen LogP contribution in [-0.4, -0.2) is 22.1 Å². The molecule has 1 heterocycles. The number of aliphatic imine (C=N–C) groups is 1. The van der Waals surface area contributed by atoms with Gasteiger partial charge in [-0.25, -0.2) is 14.0 Å². The number of aromatic nitrogens is 2. The maximum atomic E-state index is 13.5. The molecular formula is C12H11ClFN5O3. The molecule has 1 aromatic carbocycles. The van der Waals surface area contributed by atoms with E-state index < -0.39 is 11.8 Å². The van der Waals surface area contributed by atoms with E-state index in [0.29, 0.717) is 0 Å². The molecule has 0 saturated heterocycles. The van der Waals surface area contributed by atoms with Crippen molar-refractivity contribution in [1.29, 1.82) is 0 Å². The van der Waals surface area contributed by atoms with Crippen molar-refractivity contribution in [3.8, 4) is 5.75 Å². The molecule has 0 fully saturated rings. The molecule has 22 heavy (non-hydrogen) atoms. The van der Waals surface area contributed by atoms with Crippen molar-refractivity contribution in [2.24, 2.45) is 10.7 Å². The van der Waals surface area contributed by atoms with Crippen LogP contribution in [0.5, 0.6) is 5.75 Å². The Morgan fingerprint density at radius 1 is 1.50 bits per heavy atom. The van der Waals surface area contributed by atoms with Crippen LogP contribution in [0, 0.1) is 5.82 Å². The van der Waals surface area contributed by atoms with Crippen LogP contribution in [0.3, 0.4) is 0 Å². The molecule has 0 bridgehead atoms. The molecule has 0 saturated carbocycles. The number of rotatable bonds is 4. The minimum absolute atomic E-state index is 0.00761. The van der Waals surface area contributed by atoms with Crippen molar-refractivity contribution in [1.82, 2.24) is 10.3 Å². The van der Waals surface area contributed by atoms with E-state index in [0.717, 1.165) is 12.1 Å². The number of carbonyl (C=O) groups excluding carboxylic acids is 1. The number of anilines is 1. The third-order valence-electron chi connectivity index (χ3n) is 2.51. The van der Waals surface area contributed by atoms with Gasteiger partial charge in [-0.1, -0.05) is 18.5 Å². The predicted octanol–water partition coefficient (Wildman–Crippen LogP) is 1.80. The summed E-state index contributed by atoms with van der Waals surface area (Å²) in [6.07, 6.45) is 0.100. The van der Waals surface area contributed by atoms with Crippen molar-refractivity contribution < 1.29 is 18.6 Å². The number of hydrogen-bond donors (Lipinski definition) is 2. The van der Waals surface area contributed by atoms with Gasteiger partial charge in [0.05, 0.1) is 5.02 Å². The summed E-state index contributed by atoms with van der Waals surface area (Å²) in [6, 6.07) is 2.10. The van der Waals surface area contributed by atoms with Gasteiger partial charge in [0.1, 0.15) is 11.5 Å². The van der Waals surface area contributed by atoms with Gasteiger partial charge in [0, 0.05) is 12.5 Å². The van der Waals surface area contributed by atoms with Gasteiger partial charge in [0.15, 0.2) is 23.1 Å². The Hall–Kier alpha value is -2.68. The molecule has 0 radical (unpaired) electrons. The first-order chi connectivity index (χ1) is 10.4. The lowest BCUT2D eigenvalue weighted by Crippen LogP contribution is -2.15. The summed E-state index contributed by atoms with van der Waals surface area (Å²) >= 11 is 5.70. The summed E-state index contributed by atoms with van der Waals surface area (Å²) in [4.78, 5) is 15.4. The first kappa shape index (κ1) is 15.7. The number of carbonyl (C=O) groups is 1. The minimum atomic E-state index is -0.763. The highest BCUT2D eigenvalue weighted by molar-refractivity contribution is 6.31. The average Bonchev–Trinajstić information content (AvgIpc) is 2.90. The summed E-state index contributed by atoms with van der Waals surface area (Å²) in [7, 11) is 0. The number of benzene rings is 1. The van der Waals surface area contributed by atoms with Gasteiger partial charge >= 0.3 is 5.97 Å². The summed E-state index contributed by atoms with van der Waals surface area (Å²) in [5.74, 6) is -1.69. The Bertz CT molecular complexity index is 746. The van der Waals surface area contributed by atoms with Crippen molar-refractivity contribution in [3.63, 3.8) is 0 Å². The van der Waals surface area contributed by atoms with Gasteiger partial charge in [0.25, 0.3) is 0 Å². The van der Waals surface area contributed by atoms with Crippen LogP contribution in [0.4, 0.5) is 15.9 Å². The van der Waals surface area contributed by atoms with Gasteiger partial charge in [-0.2, -0.15) is 0 Å². The fourth-order valence-electron chi connectivity index (χ4n) is 1.44. The predicted molar refractivity (Wildman–Crippen MR) is 76.4 cm³/mol. The van der Waals surface area contributed by atoms with E-state index >= 15 is 0 Å². The highest BCUT2D eigenvalue weighted by Crippen LogP contribution is 2.33. The monoisotopic (exact) mass is 327 g/mol. The number of nitrogens with two attached hydrogens (primary N) is 2. The lowest BCUT2D eigenvalue weighted by molar-refractivity contribution is -0.133. The van der Waals surface area contributed by atoms with Gasteiger partial charge in [-0.3, -0.25) is 4.79 Å². The molecule has 0 aliphatic carbocycles. The second-order valence-corrected chi connectivity index (χ2v) is 4.46. The third-order valence-corrected chi connectivity index (χ3v) is 2.80. The standard InChI is InChI=1S/C12H11ClFN5O3/c1-2-9(20)21-8-4-6(14)5(13)3-7(8)17-11(15)10-12(16)19-22-18-10/h3-4H,2H2,1H3,(H2,15,17)(H2,16,19). The Morgan fingerprint density at radius 2 is 2.23 bits per heavy atom. The Kier molecular flexibility index (Phi) is 4.56. The van der Waals surface area contributed by atoms with E-state index in [4.69, 9.17) is 27.8 Å². The first-order valence-corrected chi connectivity index (χ1v) is 6.42. The van der Waals surface area contributed by atoms with Gasteiger partial charge in [-0.15, -0.1) is 0 Å². The second kappa shape index (κ2) is 6.39. The third kappa shape index (κ3) is 3.31. The summed E-state index contributed by atoms with van der Waals surface area (Å²) in [5, 5.41) is 6.62. The van der Waals surface area contributed by atoms with Crippen molar-refractivity contribution in [3.05, 3.63) is 28.7 Å². The normalized spacial score (nSPS) is 11.5. The molecule has 2 rings (SSSR count). The van der Waals surface area contributed by atoms with E-state index in [1.54, 1.807) is 6.92 Å². The number of nitrogens with zero attached hydrogens (tertiary/aromatic N) is 3. The molecule has 4 N–H and O–H groups in total. The fourth-order valence-corrected chi connectivity index (χ4v) is 1.60. The Morgan fingerprint density at radius 3 is 2.82 bits per heavy atom. The van der Waals surface area contributed by atoms with Crippen LogP contribution in [-0.2, 0) is 4.79 Å². The van der Waals surface area contributed by atoms with Crippen LogP contribution >= 0.6 is 11.6 Å². The number of ether oxygens (including phenoxy) is 1. The molecule has 0 unspecified atom stereocenters. The number of halogens is 2. The van der Waals surface area contributed by atoms with E-state index in [1.807, 2.05) is 0 Å². The SMILES string of the molecule is CCC(=O)Oc1cc(F)c(Cl)cc1N=C(N)c1nonc1N. The molecule has 1 aromatic heterocycles. The topological polar surface area (TPSA) is 130 Å². The van der Waals surface area contributed by atoms with Crippen molar-refractivity contribution in [2.75, 3.05) is 5.73 Å². The molecule has 116 valence electrons. The largest absolute Gasteiger partial charge is 0.424 e. The fraction of sp³-hybridized carbons (Fsp3) is 0.167. The average molecular weight is 328 g/mol. The molecule has 0 spiro atoms. The molecule has 2 aromatic rings. The Labute approximate surface area is 128 Å². The van der Waals surface area contributed by atoms with Crippen molar-refractivity contribution in [2.45, 2.75) is 13.3 Å². The van der Waals surface area contributed by atoms with Gasteiger partial charge < -0.3 is 16.2 Å². The first-order valence-electron chi connectivity index (χ1n) is 6.04. The highest BCUT2D eigenvalue weighted by atomic mass is 35.5. The molecular weight excluding hydrogens is 317 g/mol. The Balaban J connectivity index is 2.47. The zero-order valence-corrected chi connectivity index (χ0v) is 12.1. The number of hydrogen-bond acceptors (Lipinski definition) is 7. The molecule has 8 nitrogen and oxygen atoms in total. The molecule has 0 aliphatic heterocycles. The lowest BCUT2D eigenvalue weighted by atomic mass is 10.2. The van der Waals surface area contributed by atoms with E-state index in [1.165, 1.54) is 0 Å². The number of amidine groups is 1. The summed E-state index contributed by atoms with van der Waals surface area (Å²) in [5.41, 5.74) is 11.3. The maximum Gasteiger partial charge on any atom is 0.310 e. The van der Waals surface area contributed by atoms with Crippen LogP contribution < -0.4 is 16.2 Å². The second-order valence-electron chi connectivity index (χ2n) is 4.06. The highest BCUT2D eigenvalue weighted by Gasteiger charge is 2.16.